The lowest BCUT2D eigenvalue weighted by atomic mass is 10.2. The summed E-state index contributed by atoms with van der Waals surface area (Å²) in [5.41, 5.74) is 6.27. The van der Waals surface area contributed by atoms with Crippen molar-refractivity contribution in [2.45, 2.75) is 12.6 Å². The van der Waals surface area contributed by atoms with Gasteiger partial charge < -0.3 is 15.5 Å². The maximum absolute atomic E-state index is 12.0. The van der Waals surface area contributed by atoms with E-state index in [2.05, 4.69) is 14.9 Å². The first-order chi connectivity index (χ1) is 9.76. The van der Waals surface area contributed by atoms with E-state index in [9.17, 15) is 4.79 Å². The minimum atomic E-state index is -0.0887. The maximum atomic E-state index is 12.0. The molecule has 1 saturated heterocycles. The van der Waals surface area contributed by atoms with Crippen molar-refractivity contribution in [2.75, 3.05) is 26.2 Å². The molecule has 0 bridgehead atoms. The van der Waals surface area contributed by atoms with Crippen molar-refractivity contribution < 1.29 is 4.74 Å². The number of aromatic nitrogens is 2. The van der Waals surface area contributed by atoms with Crippen LogP contribution in [0.2, 0.25) is 0 Å². The van der Waals surface area contributed by atoms with Crippen LogP contribution in [0.1, 0.15) is 5.82 Å². The van der Waals surface area contributed by atoms with E-state index < -0.39 is 0 Å². The zero-order valence-electron chi connectivity index (χ0n) is 11.2. The summed E-state index contributed by atoms with van der Waals surface area (Å²) in [7, 11) is 0. The smallest absolute Gasteiger partial charge is 0.258 e. The quantitative estimate of drug-likeness (QED) is 0.828. The van der Waals surface area contributed by atoms with Gasteiger partial charge in [0.05, 0.1) is 30.2 Å². The fourth-order valence-corrected chi connectivity index (χ4v) is 2.49. The molecule has 6 heteroatoms. The van der Waals surface area contributed by atoms with Crippen LogP contribution in [0.15, 0.2) is 29.1 Å². The minimum Gasteiger partial charge on any atom is -0.374 e. The first-order valence-electron chi connectivity index (χ1n) is 6.78. The van der Waals surface area contributed by atoms with Gasteiger partial charge in [0.2, 0.25) is 0 Å². The molecule has 0 radical (unpaired) electrons. The van der Waals surface area contributed by atoms with Gasteiger partial charge in [0.25, 0.3) is 5.56 Å². The summed E-state index contributed by atoms with van der Waals surface area (Å²) in [6.45, 7) is 3.39. The number of ether oxygens (including phenoxy) is 1. The Kier molecular flexibility index (Phi) is 3.77. The van der Waals surface area contributed by atoms with Crippen LogP contribution >= 0.6 is 0 Å². The SMILES string of the molecule is NCC1CN(Cc2nc3ccccc3c(=O)[nH]2)CCO1. The van der Waals surface area contributed by atoms with Crippen LogP contribution < -0.4 is 11.3 Å². The number of aromatic amines is 1. The number of fused-ring (bicyclic) bond motifs is 1. The van der Waals surface area contributed by atoms with Gasteiger partial charge in [0, 0.05) is 19.6 Å². The van der Waals surface area contributed by atoms with Gasteiger partial charge in [0.15, 0.2) is 0 Å². The molecular formula is C14H18N4O2. The molecule has 0 amide bonds. The molecule has 1 aliphatic rings. The van der Waals surface area contributed by atoms with E-state index in [1.807, 2.05) is 18.2 Å². The Morgan fingerprint density at radius 1 is 1.45 bits per heavy atom. The van der Waals surface area contributed by atoms with Crippen LogP contribution in [0.25, 0.3) is 10.9 Å². The summed E-state index contributed by atoms with van der Waals surface area (Å²) in [4.78, 5) is 21.6. The van der Waals surface area contributed by atoms with E-state index in [0.29, 0.717) is 30.9 Å². The second-order valence-electron chi connectivity index (χ2n) is 4.99. The largest absolute Gasteiger partial charge is 0.374 e. The van der Waals surface area contributed by atoms with Crippen molar-refractivity contribution in [1.29, 1.82) is 0 Å². The molecule has 1 unspecified atom stereocenters. The third-order valence-electron chi connectivity index (χ3n) is 3.52. The number of hydrogen-bond donors (Lipinski definition) is 2. The molecule has 3 rings (SSSR count). The zero-order chi connectivity index (χ0) is 13.9. The first kappa shape index (κ1) is 13.2. The molecule has 1 aliphatic heterocycles. The lowest BCUT2D eigenvalue weighted by Gasteiger charge is -2.31. The summed E-state index contributed by atoms with van der Waals surface area (Å²) in [6.07, 6.45) is 0.0657. The van der Waals surface area contributed by atoms with Gasteiger partial charge in [-0.05, 0) is 12.1 Å². The van der Waals surface area contributed by atoms with Crippen LogP contribution in [0.3, 0.4) is 0 Å². The van der Waals surface area contributed by atoms with Crippen LogP contribution in [-0.4, -0.2) is 47.2 Å². The second kappa shape index (κ2) is 5.70. The second-order valence-corrected chi connectivity index (χ2v) is 4.99. The van der Waals surface area contributed by atoms with Gasteiger partial charge in [-0.2, -0.15) is 0 Å². The average Bonchev–Trinajstić information content (AvgIpc) is 2.47. The van der Waals surface area contributed by atoms with E-state index in [0.717, 1.165) is 18.6 Å². The standard InChI is InChI=1S/C14H18N4O2/c15-7-10-8-18(5-6-20-10)9-13-16-12-4-2-1-3-11(12)14(19)17-13/h1-4,10H,5-9,15H2,(H,16,17,19). The number of morpholine rings is 1. The van der Waals surface area contributed by atoms with Crippen molar-refractivity contribution >= 4 is 10.9 Å². The summed E-state index contributed by atoms with van der Waals surface area (Å²) in [6, 6.07) is 7.37. The van der Waals surface area contributed by atoms with E-state index >= 15 is 0 Å². The van der Waals surface area contributed by atoms with Crippen LogP contribution in [0.4, 0.5) is 0 Å². The molecule has 1 aromatic heterocycles. The molecule has 20 heavy (non-hydrogen) atoms. The molecule has 3 N–H and O–H groups in total. The van der Waals surface area contributed by atoms with Gasteiger partial charge in [-0.25, -0.2) is 4.98 Å². The van der Waals surface area contributed by atoms with E-state index in [1.165, 1.54) is 0 Å². The van der Waals surface area contributed by atoms with Crippen LogP contribution in [0.5, 0.6) is 0 Å². The highest BCUT2D eigenvalue weighted by molar-refractivity contribution is 5.77. The molecule has 6 nitrogen and oxygen atoms in total. The van der Waals surface area contributed by atoms with Crippen molar-refractivity contribution in [2.24, 2.45) is 5.73 Å². The lowest BCUT2D eigenvalue weighted by Crippen LogP contribution is -2.45. The first-order valence-corrected chi connectivity index (χ1v) is 6.78. The Morgan fingerprint density at radius 2 is 2.30 bits per heavy atom. The van der Waals surface area contributed by atoms with E-state index in [-0.39, 0.29) is 11.7 Å². The van der Waals surface area contributed by atoms with E-state index in [1.54, 1.807) is 6.07 Å². The number of nitrogens with one attached hydrogen (secondary N) is 1. The zero-order valence-corrected chi connectivity index (χ0v) is 11.2. The molecule has 0 spiro atoms. The Hall–Kier alpha value is -1.76. The molecule has 1 atom stereocenters. The number of nitrogens with two attached hydrogens (primary N) is 1. The molecule has 0 saturated carbocycles. The average molecular weight is 274 g/mol. The Bertz CT molecular complexity index is 655. The number of nitrogens with zero attached hydrogens (tertiary/aromatic N) is 2. The Balaban J connectivity index is 1.82. The Morgan fingerprint density at radius 3 is 3.15 bits per heavy atom. The van der Waals surface area contributed by atoms with Crippen LogP contribution in [-0.2, 0) is 11.3 Å². The summed E-state index contributed by atoms with van der Waals surface area (Å²) in [5.74, 6) is 0.686. The summed E-state index contributed by atoms with van der Waals surface area (Å²) in [5, 5.41) is 0.623. The van der Waals surface area contributed by atoms with E-state index in [4.69, 9.17) is 10.5 Å². The minimum absolute atomic E-state index is 0.0657. The molecule has 2 aromatic rings. The highest BCUT2D eigenvalue weighted by atomic mass is 16.5. The molecular weight excluding hydrogens is 256 g/mol. The normalized spacial score (nSPS) is 20.4. The highest BCUT2D eigenvalue weighted by Crippen LogP contribution is 2.09. The highest BCUT2D eigenvalue weighted by Gasteiger charge is 2.20. The number of benzene rings is 1. The van der Waals surface area contributed by atoms with Crippen molar-refractivity contribution in [3.8, 4) is 0 Å². The third-order valence-corrected chi connectivity index (χ3v) is 3.52. The summed E-state index contributed by atoms with van der Waals surface area (Å²) >= 11 is 0. The predicted octanol–water partition coefficient (Wildman–Crippen LogP) is 0.0826. The monoisotopic (exact) mass is 274 g/mol. The number of H-pyrrole nitrogens is 1. The fraction of sp³-hybridized carbons (Fsp3) is 0.429. The molecule has 1 aromatic carbocycles. The van der Waals surface area contributed by atoms with Crippen molar-refractivity contribution in [3.63, 3.8) is 0 Å². The third kappa shape index (κ3) is 2.72. The number of para-hydroxylation sites is 1. The maximum Gasteiger partial charge on any atom is 0.258 e. The number of rotatable bonds is 3. The van der Waals surface area contributed by atoms with Gasteiger partial charge in [-0.3, -0.25) is 9.69 Å². The molecule has 0 aliphatic carbocycles. The number of hydrogen-bond acceptors (Lipinski definition) is 5. The van der Waals surface area contributed by atoms with Gasteiger partial charge in [-0.15, -0.1) is 0 Å². The lowest BCUT2D eigenvalue weighted by molar-refractivity contribution is -0.0268. The van der Waals surface area contributed by atoms with Gasteiger partial charge in [0.1, 0.15) is 5.82 Å². The van der Waals surface area contributed by atoms with Crippen molar-refractivity contribution in [1.82, 2.24) is 14.9 Å². The van der Waals surface area contributed by atoms with Gasteiger partial charge >= 0.3 is 0 Å². The molecule has 2 heterocycles. The topological polar surface area (TPSA) is 84.2 Å². The van der Waals surface area contributed by atoms with Gasteiger partial charge in [-0.1, -0.05) is 12.1 Å². The van der Waals surface area contributed by atoms with Crippen LogP contribution in [0, 0.1) is 0 Å². The van der Waals surface area contributed by atoms with Crippen molar-refractivity contribution in [3.05, 3.63) is 40.4 Å². The Labute approximate surface area is 116 Å². The molecule has 106 valence electrons. The predicted molar refractivity (Wildman–Crippen MR) is 76.4 cm³/mol. The fourth-order valence-electron chi connectivity index (χ4n) is 2.49. The summed E-state index contributed by atoms with van der Waals surface area (Å²) < 4.78 is 5.53. The molecule has 1 fully saturated rings.